The van der Waals surface area contributed by atoms with Crippen molar-refractivity contribution in [3.63, 3.8) is 0 Å². The van der Waals surface area contributed by atoms with Gasteiger partial charge in [0.2, 0.25) is 5.91 Å². The largest absolute Gasteiger partial charge is 0.340 e. The molecule has 3 nitrogen and oxygen atoms in total. The molecule has 78 valence electrons. The van der Waals surface area contributed by atoms with Gasteiger partial charge in [-0.25, -0.2) is 0 Å². The van der Waals surface area contributed by atoms with Gasteiger partial charge in [0, 0.05) is 5.92 Å². The Balaban J connectivity index is 2.63. The SMILES string of the molecule is CC(C#N)NC(=O)C1C(C)(C)C1(C)C. The Hall–Kier alpha value is -1.04. The van der Waals surface area contributed by atoms with Crippen LogP contribution in [0.4, 0.5) is 0 Å². The smallest absolute Gasteiger partial charge is 0.225 e. The van der Waals surface area contributed by atoms with Crippen LogP contribution in [-0.4, -0.2) is 11.9 Å². The van der Waals surface area contributed by atoms with Gasteiger partial charge in [0.1, 0.15) is 6.04 Å². The molecule has 1 fully saturated rings. The molecule has 0 spiro atoms. The van der Waals surface area contributed by atoms with E-state index in [2.05, 4.69) is 33.0 Å². The monoisotopic (exact) mass is 194 g/mol. The molecule has 1 N–H and O–H groups in total. The summed E-state index contributed by atoms with van der Waals surface area (Å²) in [4.78, 5) is 11.7. The molecule has 1 aliphatic rings. The second-order valence-electron chi connectivity index (χ2n) is 5.24. The molecule has 0 aliphatic heterocycles. The third-order valence-electron chi connectivity index (χ3n) is 3.84. The van der Waals surface area contributed by atoms with Gasteiger partial charge < -0.3 is 5.32 Å². The van der Waals surface area contributed by atoms with Crippen molar-refractivity contribution in [2.75, 3.05) is 0 Å². The van der Waals surface area contributed by atoms with Crippen LogP contribution in [0.1, 0.15) is 34.6 Å². The van der Waals surface area contributed by atoms with E-state index in [0.717, 1.165) is 0 Å². The highest BCUT2D eigenvalue weighted by atomic mass is 16.2. The highest BCUT2D eigenvalue weighted by Gasteiger charge is 2.68. The Labute approximate surface area is 85.5 Å². The van der Waals surface area contributed by atoms with Crippen molar-refractivity contribution in [3.05, 3.63) is 0 Å². The molecule has 3 heteroatoms. The standard InChI is InChI=1S/C11H18N2O/c1-7(6-12)13-9(14)8-10(2,3)11(8,4)5/h7-8H,1-5H3,(H,13,14). The second-order valence-corrected chi connectivity index (χ2v) is 5.24. The molecule has 1 amide bonds. The predicted molar refractivity (Wildman–Crippen MR) is 54.3 cm³/mol. The van der Waals surface area contributed by atoms with E-state index in [1.54, 1.807) is 6.92 Å². The first-order valence-corrected chi connectivity index (χ1v) is 4.95. The Kier molecular flexibility index (Phi) is 2.35. The van der Waals surface area contributed by atoms with Gasteiger partial charge in [-0.1, -0.05) is 27.7 Å². The number of hydrogen-bond acceptors (Lipinski definition) is 2. The number of nitrogens with one attached hydrogen (secondary N) is 1. The van der Waals surface area contributed by atoms with Crippen LogP contribution < -0.4 is 5.32 Å². The van der Waals surface area contributed by atoms with Gasteiger partial charge in [-0.3, -0.25) is 4.79 Å². The average Bonchev–Trinajstić information content (AvgIpc) is 2.42. The van der Waals surface area contributed by atoms with Gasteiger partial charge in [-0.05, 0) is 17.8 Å². The quantitative estimate of drug-likeness (QED) is 0.727. The van der Waals surface area contributed by atoms with Crippen molar-refractivity contribution in [2.45, 2.75) is 40.7 Å². The lowest BCUT2D eigenvalue weighted by Gasteiger charge is -2.07. The number of carbonyl (C=O) groups is 1. The molecule has 0 aromatic heterocycles. The molecular formula is C11H18N2O. The van der Waals surface area contributed by atoms with E-state index >= 15 is 0 Å². The van der Waals surface area contributed by atoms with E-state index in [1.807, 2.05) is 6.07 Å². The second kappa shape index (κ2) is 2.98. The number of rotatable bonds is 2. The van der Waals surface area contributed by atoms with Gasteiger partial charge in [0.05, 0.1) is 6.07 Å². The Morgan fingerprint density at radius 1 is 1.36 bits per heavy atom. The first-order valence-electron chi connectivity index (χ1n) is 4.95. The molecule has 0 saturated heterocycles. The van der Waals surface area contributed by atoms with Gasteiger partial charge >= 0.3 is 0 Å². The van der Waals surface area contributed by atoms with Crippen molar-refractivity contribution in [1.29, 1.82) is 5.26 Å². The molecule has 1 atom stereocenters. The van der Waals surface area contributed by atoms with Crippen LogP contribution in [-0.2, 0) is 4.79 Å². The zero-order chi connectivity index (χ0) is 11.1. The molecule has 0 aromatic rings. The topological polar surface area (TPSA) is 52.9 Å². The van der Waals surface area contributed by atoms with E-state index < -0.39 is 6.04 Å². The van der Waals surface area contributed by atoms with Crippen LogP contribution >= 0.6 is 0 Å². The van der Waals surface area contributed by atoms with E-state index in [-0.39, 0.29) is 22.7 Å². The van der Waals surface area contributed by atoms with Gasteiger partial charge in [0.25, 0.3) is 0 Å². The van der Waals surface area contributed by atoms with Crippen LogP contribution in [0.3, 0.4) is 0 Å². The molecule has 0 bridgehead atoms. The van der Waals surface area contributed by atoms with E-state index in [1.165, 1.54) is 0 Å². The maximum Gasteiger partial charge on any atom is 0.225 e. The van der Waals surface area contributed by atoms with Crippen molar-refractivity contribution in [3.8, 4) is 6.07 Å². The number of carbonyl (C=O) groups excluding carboxylic acids is 1. The third kappa shape index (κ3) is 1.39. The van der Waals surface area contributed by atoms with Gasteiger partial charge in [0.15, 0.2) is 0 Å². The molecule has 1 saturated carbocycles. The minimum atomic E-state index is -0.394. The highest BCUT2D eigenvalue weighted by molar-refractivity contribution is 5.84. The van der Waals surface area contributed by atoms with Crippen LogP contribution in [0.5, 0.6) is 0 Å². The number of hydrogen-bond donors (Lipinski definition) is 1. The number of nitrogens with zero attached hydrogens (tertiary/aromatic N) is 1. The van der Waals surface area contributed by atoms with Crippen molar-refractivity contribution in [2.24, 2.45) is 16.7 Å². The van der Waals surface area contributed by atoms with Crippen LogP contribution in [0, 0.1) is 28.1 Å². The summed E-state index contributed by atoms with van der Waals surface area (Å²) in [6.45, 7) is 10.1. The first kappa shape index (κ1) is 11.0. The lowest BCUT2D eigenvalue weighted by molar-refractivity contribution is -0.123. The predicted octanol–water partition coefficient (Wildman–Crippen LogP) is 1.70. The van der Waals surface area contributed by atoms with Crippen molar-refractivity contribution < 1.29 is 4.79 Å². The number of amides is 1. The molecule has 0 heterocycles. The molecule has 1 rings (SSSR count). The minimum absolute atomic E-state index is 0.00838. The Bertz CT molecular complexity index is 285. The Morgan fingerprint density at radius 2 is 1.79 bits per heavy atom. The van der Waals surface area contributed by atoms with Crippen LogP contribution in [0.25, 0.3) is 0 Å². The fourth-order valence-electron chi connectivity index (χ4n) is 2.18. The maximum atomic E-state index is 11.7. The normalized spacial score (nSPS) is 24.9. The highest BCUT2D eigenvalue weighted by Crippen LogP contribution is 2.68. The lowest BCUT2D eigenvalue weighted by Crippen LogP contribution is -2.34. The van der Waals surface area contributed by atoms with E-state index in [9.17, 15) is 4.79 Å². The summed E-state index contributed by atoms with van der Waals surface area (Å²) in [5, 5.41) is 11.3. The van der Waals surface area contributed by atoms with E-state index in [4.69, 9.17) is 5.26 Å². The third-order valence-corrected chi connectivity index (χ3v) is 3.84. The molecule has 14 heavy (non-hydrogen) atoms. The molecule has 0 aromatic carbocycles. The average molecular weight is 194 g/mol. The van der Waals surface area contributed by atoms with Crippen molar-refractivity contribution in [1.82, 2.24) is 5.32 Å². The van der Waals surface area contributed by atoms with Crippen molar-refractivity contribution >= 4 is 5.91 Å². The van der Waals surface area contributed by atoms with Gasteiger partial charge in [-0.15, -0.1) is 0 Å². The summed E-state index contributed by atoms with van der Waals surface area (Å²) in [6, 6.07) is 1.61. The van der Waals surface area contributed by atoms with Crippen LogP contribution in [0.15, 0.2) is 0 Å². The molecule has 1 unspecified atom stereocenters. The summed E-state index contributed by atoms with van der Waals surface area (Å²) < 4.78 is 0. The van der Waals surface area contributed by atoms with Crippen LogP contribution in [0.2, 0.25) is 0 Å². The zero-order valence-electron chi connectivity index (χ0n) is 9.51. The molecule has 0 radical (unpaired) electrons. The summed E-state index contributed by atoms with van der Waals surface area (Å²) in [5.74, 6) is 0.0415. The number of nitriles is 1. The summed E-state index contributed by atoms with van der Waals surface area (Å²) in [7, 11) is 0. The fraction of sp³-hybridized carbons (Fsp3) is 0.818. The van der Waals surface area contributed by atoms with Gasteiger partial charge in [-0.2, -0.15) is 5.26 Å². The minimum Gasteiger partial charge on any atom is -0.340 e. The van der Waals surface area contributed by atoms with E-state index in [0.29, 0.717) is 0 Å². The lowest BCUT2D eigenvalue weighted by atomic mass is 10.0. The molecular weight excluding hydrogens is 176 g/mol. The summed E-state index contributed by atoms with van der Waals surface area (Å²) >= 11 is 0. The first-order chi connectivity index (χ1) is 6.25. The molecule has 1 aliphatic carbocycles. The summed E-state index contributed by atoms with van der Waals surface area (Å²) in [6.07, 6.45) is 0. The summed E-state index contributed by atoms with van der Waals surface area (Å²) in [5.41, 5.74) is 0.0958. The Morgan fingerprint density at radius 3 is 2.07 bits per heavy atom. The maximum absolute atomic E-state index is 11.7. The fourth-order valence-corrected chi connectivity index (χ4v) is 2.18. The zero-order valence-corrected chi connectivity index (χ0v) is 9.51.